The highest BCUT2D eigenvalue weighted by atomic mass is 35.5. The fourth-order valence-corrected chi connectivity index (χ4v) is 3.89. The highest BCUT2D eigenvalue weighted by Crippen LogP contribution is 2.29. The molecule has 9 heteroatoms. The molecule has 2 amide bonds. The van der Waals surface area contributed by atoms with E-state index >= 15 is 0 Å². The Bertz CT molecular complexity index is 1210. The van der Waals surface area contributed by atoms with Gasteiger partial charge in [-0.05, 0) is 24.3 Å². The van der Waals surface area contributed by atoms with Crippen molar-refractivity contribution in [2.75, 3.05) is 25.7 Å². The third kappa shape index (κ3) is 4.60. The number of halogens is 1. The Labute approximate surface area is 173 Å². The molecule has 0 saturated carbocycles. The lowest BCUT2D eigenvalue weighted by Crippen LogP contribution is -2.22. The fraction of sp³-hybridized carbons (Fsp3) is 0.200. The Balaban J connectivity index is 2.00. The standard InChI is InChI=1S/C20H19ClN2O5S/c1-23(2)20(25)14-10-12(8-9-16(14)21)22-19(24)18-15(11-29(3,26)27)13-6-4-5-7-17(13)28-18/h4-10H,11H2,1-3H3,(H,22,24). The summed E-state index contributed by atoms with van der Waals surface area (Å²) in [6.45, 7) is 0. The number of benzene rings is 2. The van der Waals surface area contributed by atoms with Crippen LogP contribution in [0.15, 0.2) is 46.9 Å². The lowest BCUT2D eigenvalue weighted by molar-refractivity contribution is 0.0827. The van der Waals surface area contributed by atoms with Gasteiger partial charge in [0.15, 0.2) is 15.6 Å². The SMILES string of the molecule is CN(C)C(=O)c1cc(NC(=O)c2oc3ccccc3c2CS(C)(=O)=O)ccc1Cl. The molecule has 7 nitrogen and oxygen atoms in total. The average Bonchev–Trinajstić information content (AvgIpc) is 2.99. The maximum absolute atomic E-state index is 12.9. The van der Waals surface area contributed by atoms with Gasteiger partial charge in [0.05, 0.1) is 16.3 Å². The second-order valence-corrected chi connectivity index (χ2v) is 9.37. The molecule has 0 radical (unpaired) electrons. The number of carbonyl (C=O) groups is 2. The van der Waals surface area contributed by atoms with Crippen LogP contribution < -0.4 is 5.32 Å². The van der Waals surface area contributed by atoms with Crippen LogP contribution in [0.25, 0.3) is 11.0 Å². The molecule has 0 bridgehead atoms. The van der Waals surface area contributed by atoms with Crippen LogP contribution >= 0.6 is 11.6 Å². The van der Waals surface area contributed by atoms with Crippen molar-refractivity contribution < 1.29 is 22.4 Å². The fourth-order valence-electron chi connectivity index (χ4n) is 2.88. The lowest BCUT2D eigenvalue weighted by atomic mass is 10.1. The minimum absolute atomic E-state index is 0.0907. The molecule has 0 aliphatic carbocycles. The number of hydrogen-bond donors (Lipinski definition) is 1. The van der Waals surface area contributed by atoms with Crippen molar-refractivity contribution in [3.8, 4) is 0 Å². The summed E-state index contributed by atoms with van der Waals surface area (Å²) < 4.78 is 29.4. The zero-order valence-electron chi connectivity index (χ0n) is 16.0. The highest BCUT2D eigenvalue weighted by molar-refractivity contribution is 7.89. The molecule has 1 heterocycles. The van der Waals surface area contributed by atoms with Crippen LogP contribution in [0, 0.1) is 0 Å². The summed E-state index contributed by atoms with van der Waals surface area (Å²) >= 11 is 6.09. The van der Waals surface area contributed by atoms with Gasteiger partial charge in [-0.3, -0.25) is 9.59 Å². The van der Waals surface area contributed by atoms with Crippen LogP contribution in [0.1, 0.15) is 26.5 Å². The van der Waals surface area contributed by atoms with Gasteiger partial charge in [0, 0.05) is 37.0 Å². The molecular weight excluding hydrogens is 416 g/mol. The molecule has 0 unspecified atom stereocenters. The van der Waals surface area contributed by atoms with Gasteiger partial charge in [-0.25, -0.2) is 8.42 Å². The Morgan fingerprint density at radius 2 is 1.83 bits per heavy atom. The quantitative estimate of drug-likeness (QED) is 0.661. The summed E-state index contributed by atoms with van der Waals surface area (Å²) in [5.41, 5.74) is 1.26. The first-order valence-electron chi connectivity index (χ1n) is 8.57. The number of sulfone groups is 1. The molecule has 0 aliphatic rings. The zero-order valence-corrected chi connectivity index (χ0v) is 17.6. The van der Waals surface area contributed by atoms with Crippen molar-refractivity contribution in [3.63, 3.8) is 0 Å². The number of amides is 2. The number of rotatable bonds is 5. The first kappa shape index (κ1) is 20.9. The molecule has 3 aromatic rings. The van der Waals surface area contributed by atoms with Gasteiger partial charge in [-0.1, -0.05) is 29.8 Å². The van der Waals surface area contributed by atoms with Crippen LogP contribution in [-0.4, -0.2) is 45.5 Å². The molecule has 1 aromatic heterocycles. The van der Waals surface area contributed by atoms with Crippen LogP contribution in [0.5, 0.6) is 0 Å². The van der Waals surface area contributed by atoms with E-state index in [9.17, 15) is 18.0 Å². The molecule has 29 heavy (non-hydrogen) atoms. The van der Waals surface area contributed by atoms with Crippen LogP contribution in [0.4, 0.5) is 5.69 Å². The molecule has 2 aromatic carbocycles. The van der Waals surface area contributed by atoms with Crippen molar-refractivity contribution >= 4 is 49.9 Å². The maximum atomic E-state index is 12.9. The van der Waals surface area contributed by atoms with Crippen LogP contribution in [-0.2, 0) is 15.6 Å². The van der Waals surface area contributed by atoms with Gasteiger partial charge >= 0.3 is 0 Å². The minimum atomic E-state index is -3.41. The molecule has 152 valence electrons. The normalized spacial score (nSPS) is 11.4. The highest BCUT2D eigenvalue weighted by Gasteiger charge is 2.24. The molecule has 1 N–H and O–H groups in total. The Morgan fingerprint density at radius 1 is 1.14 bits per heavy atom. The molecule has 0 saturated heterocycles. The van der Waals surface area contributed by atoms with Crippen molar-refractivity contribution in [2.45, 2.75) is 5.75 Å². The summed E-state index contributed by atoms with van der Waals surface area (Å²) in [5, 5.41) is 3.46. The first-order chi connectivity index (χ1) is 13.6. The van der Waals surface area contributed by atoms with E-state index in [1.54, 1.807) is 44.4 Å². The van der Waals surface area contributed by atoms with E-state index in [-0.39, 0.29) is 28.0 Å². The van der Waals surface area contributed by atoms with E-state index < -0.39 is 15.7 Å². The van der Waals surface area contributed by atoms with Gasteiger partial charge in [-0.15, -0.1) is 0 Å². The first-order valence-corrected chi connectivity index (χ1v) is 11.0. The summed E-state index contributed by atoms with van der Waals surface area (Å²) in [5.74, 6) is -1.36. The topological polar surface area (TPSA) is 96.7 Å². The lowest BCUT2D eigenvalue weighted by Gasteiger charge is -2.13. The third-order valence-electron chi connectivity index (χ3n) is 4.17. The van der Waals surface area contributed by atoms with Gasteiger partial charge in [0.25, 0.3) is 11.8 Å². The van der Waals surface area contributed by atoms with Crippen molar-refractivity contribution in [1.82, 2.24) is 4.90 Å². The van der Waals surface area contributed by atoms with E-state index in [0.717, 1.165) is 6.26 Å². The van der Waals surface area contributed by atoms with Crippen molar-refractivity contribution in [2.24, 2.45) is 0 Å². The molecule has 0 spiro atoms. The van der Waals surface area contributed by atoms with Gasteiger partial charge in [0.1, 0.15) is 5.58 Å². The van der Waals surface area contributed by atoms with E-state index in [1.807, 2.05) is 0 Å². The third-order valence-corrected chi connectivity index (χ3v) is 5.31. The van der Waals surface area contributed by atoms with E-state index in [0.29, 0.717) is 22.2 Å². The predicted molar refractivity (Wildman–Crippen MR) is 112 cm³/mol. The largest absolute Gasteiger partial charge is 0.451 e. The summed E-state index contributed by atoms with van der Waals surface area (Å²) in [6, 6.07) is 11.3. The summed E-state index contributed by atoms with van der Waals surface area (Å²) in [6.07, 6.45) is 1.09. The summed E-state index contributed by atoms with van der Waals surface area (Å²) in [4.78, 5) is 26.5. The summed E-state index contributed by atoms with van der Waals surface area (Å²) in [7, 11) is -0.222. The molecule has 0 aliphatic heterocycles. The maximum Gasteiger partial charge on any atom is 0.291 e. The second-order valence-electron chi connectivity index (χ2n) is 6.82. The molecule has 0 fully saturated rings. The van der Waals surface area contributed by atoms with Crippen molar-refractivity contribution in [3.05, 3.63) is 64.4 Å². The smallest absolute Gasteiger partial charge is 0.291 e. The van der Waals surface area contributed by atoms with Gasteiger partial charge < -0.3 is 14.6 Å². The number of furan rings is 1. The molecule has 0 atom stereocenters. The van der Waals surface area contributed by atoms with E-state index in [2.05, 4.69) is 5.32 Å². The van der Waals surface area contributed by atoms with Gasteiger partial charge in [-0.2, -0.15) is 0 Å². The number of anilines is 1. The van der Waals surface area contributed by atoms with E-state index in [4.69, 9.17) is 16.0 Å². The number of para-hydroxylation sites is 1. The number of fused-ring (bicyclic) bond motifs is 1. The Morgan fingerprint density at radius 3 is 2.48 bits per heavy atom. The molecular formula is C20H19ClN2O5S. The molecule has 3 rings (SSSR count). The number of nitrogens with zero attached hydrogens (tertiary/aromatic N) is 1. The monoisotopic (exact) mass is 434 g/mol. The number of carbonyl (C=O) groups excluding carboxylic acids is 2. The van der Waals surface area contributed by atoms with Crippen molar-refractivity contribution in [1.29, 1.82) is 0 Å². The number of nitrogens with one attached hydrogen (secondary N) is 1. The average molecular weight is 435 g/mol. The Kier molecular flexibility index (Phi) is 5.68. The zero-order chi connectivity index (χ0) is 21.3. The predicted octanol–water partition coefficient (Wildman–Crippen LogP) is 3.58. The van der Waals surface area contributed by atoms with Gasteiger partial charge in [0.2, 0.25) is 0 Å². The van der Waals surface area contributed by atoms with E-state index in [1.165, 1.54) is 17.0 Å². The van der Waals surface area contributed by atoms with Crippen LogP contribution in [0.2, 0.25) is 5.02 Å². The second kappa shape index (κ2) is 7.88. The number of hydrogen-bond acceptors (Lipinski definition) is 5. The Hall–Kier alpha value is -2.84. The van der Waals surface area contributed by atoms with Crippen LogP contribution in [0.3, 0.4) is 0 Å². The minimum Gasteiger partial charge on any atom is -0.451 e.